The Labute approximate surface area is 139 Å². The number of aryl methyl sites for hydroxylation is 1. The molecule has 0 aliphatic rings. The number of carbonyl (C=O) groups excluding carboxylic acids is 1. The van der Waals surface area contributed by atoms with E-state index in [0.717, 1.165) is 16.4 Å². The molecule has 0 atom stereocenters. The molecule has 0 aliphatic carbocycles. The summed E-state index contributed by atoms with van der Waals surface area (Å²) in [6.45, 7) is 3.15. The lowest BCUT2D eigenvalue weighted by molar-refractivity contribution is -0.115. The predicted molar refractivity (Wildman–Crippen MR) is 91.5 cm³/mol. The van der Waals surface area contributed by atoms with Crippen molar-refractivity contribution < 1.29 is 4.79 Å². The van der Waals surface area contributed by atoms with Gasteiger partial charge in [0.25, 0.3) is 5.91 Å². The van der Waals surface area contributed by atoms with E-state index in [1.165, 1.54) is 0 Å². The third-order valence-corrected chi connectivity index (χ3v) is 4.12. The van der Waals surface area contributed by atoms with Gasteiger partial charge >= 0.3 is 0 Å². The maximum atomic E-state index is 11.7. The second-order valence-corrected chi connectivity index (χ2v) is 5.98. The molecule has 0 radical (unpaired) electrons. The van der Waals surface area contributed by atoms with Crippen LogP contribution < -0.4 is 10.2 Å². The van der Waals surface area contributed by atoms with Crippen LogP contribution in [0, 0.1) is 18.8 Å². The smallest absolute Gasteiger partial charge is 0.296 e. The highest BCUT2D eigenvalue weighted by Gasteiger charge is 2.05. The van der Waals surface area contributed by atoms with Crippen LogP contribution in [0.5, 0.6) is 0 Å². The van der Waals surface area contributed by atoms with E-state index < -0.39 is 0 Å². The number of benzene rings is 1. The van der Waals surface area contributed by atoms with Crippen LogP contribution >= 0.6 is 22.9 Å². The average Bonchev–Trinajstić information content (AvgIpc) is 2.92. The first-order valence-corrected chi connectivity index (χ1v) is 7.99. The summed E-state index contributed by atoms with van der Waals surface area (Å²) in [5.41, 5.74) is 1.72. The van der Waals surface area contributed by atoms with Gasteiger partial charge in [0.15, 0.2) is 5.13 Å². The van der Waals surface area contributed by atoms with E-state index in [1.54, 1.807) is 29.5 Å². The van der Waals surface area contributed by atoms with Gasteiger partial charge in [0.2, 0.25) is 0 Å². The Morgan fingerprint density at radius 3 is 3.00 bits per heavy atom. The Kier molecular flexibility index (Phi) is 5.82. The third kappa shape index (κ3) is 5.06. The predicted octanol–water partition coefficient (Wildman–Crippen LogP) is 2.71. The third-order valence-electron chi connectivity index (χ3n) is 2.81. The number of thiazole rings is 1. The summed E-state index contributed by atoms with van der Waals surface area (Å²) in [5, 5.41) is 6.31. The lowest BCUT2D eigenvalue weighted by Gasteiger charge is -2.15. The van der Waals surface area contributed by atoms with Gasteiger partial charge in [0.05, 0.1) is 5.69 Å². The molecule has 2 rings (SSSR count). The number of aromatic nitrogens is 1. The van der Waals surface area contributed by atoms with E-state index >= 15 is 0 Å². The quantitative estimate of drug-likeness (QED) is 0.875. The Hall–Kier alpha value is -2.03. The Morgan fingerprint density at radius 1 is 1.50 bits per heavy atom. The number of anilines is 1. The van der Waals surface area contributed by atoms with E-state index in [0.29, 0.717) is 18.1 Å². The number of likely N-dealkylation sites (N-methyl/N-ethyl adjacent to an activating group) is 1. The summed E-state index contributed by atoms with van der Waals surface area (Å²) in [4.78, 5) is 18.1. The molecule has 1 aromatic heterocycles. The fraction of sp³-hybridized carbons (Fsp3) is 0.250. The zero-order valence-corrected chi connectivity index (χ0v) is 14.0. The summed E-state index contributed by atoms with van der Waals surface area (Å²) in [5.74, 6) is 5.04. The molecular weight excluding hydrogens is 318 g/mol. The van der Waals surface area contributed by atoms with Gasteiger partial charge in [0, 0.05) is 42.0 Å². The second kappa shape index (κ2) is 7.83. The van der Waals surface area contributed by atoms with Crippen LogP contribution in [0.25, 0.3) is 0 Å². The molecule has 1 N–H and O–H groups in total. The van der Waals surface area contributed by atoms with Crippen molar-refractivity contribution in [3.8, 4) is 11.8 Å². The monoisotopic (exact) mass is 333 g/mol. The highest BCUT2D eigenvalue weighted by atomic mass is 35.5. The summed E-state index contributed by atoms with van der Waals surface area (Å²) in [6.07, 6.45) is 0. The lowest BCUT2D eigenvalue weighted by Crippen LogP contribution is -2.32. The number of hydrogen-bond donors (Lipinski definition) is 1. The Morgan fingerprint density at radius 2 is 2.32 bits per heavy atom. The molecule has 1 amide bonds. The van der Waals surface area contributed by atoms with Crippen LogP contribution in [0.2, 0.25) is 5.02 Å². The van der Waals surface area contributed by atoms with Crippen molar-refractivity contribution >= 4 is 34.0 Å². The van der Waals surface area contributed by atoms with E-state index in [4.69, 9.17) is 11.6 Å². The van der Waals surface area contributed by atoms with Gasteiger partial charge in [0.1, 0.15) is 0 Å². The van der Waals surface area contributed by atoms with Crippen LogP contribution in [0.4, 0.5) is 5.13 Å². The first kappa shape index (κ1) is 16.3. The van der Waals surface area contributed by atoms with Crippen molar-refractivity contribution in [1.82, 2.24) is 10.3 Å². The lowest BCUT2D eigenvalue weighted by atomic mass is 10.2. The number of amides is 1. The standard InChI is InChI=1S/C16H16ClN3OS/c1-12-11-22-16(19-12)20(2)9-8-18-15(21)7-6-13-4-3-5-14(17)10-13/h3-5,10-11H,8-9H2,1-2H3,(H,18,21). The molecule has 4 nitrogen and oxygen atoms in total. The first-order chi connectivity index (χ1) is 10.5. The van der Waals surface area contributed by atoms with Crippen molar-refractivity contribution in [1.29, 1.82) is 0 Å². The molecule has 0 aliphatic heterocycles. The van der Waals surface area contributed by atoms with Gasteiger partial charge in [-0.25, -0.2) is 4.98 Å². The molecule has 0 bridgehead atoms. The van der Waals surface area contributed by atoms with Crippen molar-refractivity contribution in [2.24, 2.45) is 0 Å². The van der Waals surface area contributed by atoms with Crippen molar-refractivity contribution in [3.05, 3.63) is 45.9 Å². The molecular formula is C16H16ClN3OS. The summed E-state index contributed by atoms with van der Waals surface area (Å²) in [6, 6.07) is 7.10. The minimum atomic E-state index is -0.302. The number of hydrogen-bond acceptors (Lipinski definition) is 4. The zero-order valence-electron chi connectivity index (χ0n) is 12.4. The molecule has 0 spiro atoms. The fourth-order valence-corrected chi connectivity index (χ4v) is 2.68. The van der Waals surface area contributed by atoms with Gasteiger partial charge < -0.3 is 10.2 Å². The maximum absolute atomic E-state index is 11.7. The number of carbonyl (C=O) groups is 1. The molecule has 0 fully saturated rings. The molecule has 0 saturated heterocycles. The molecule has 0 unspecified atom stereocenters. The second-order valence-electron chi connectivity index (χ2n) is 4.71. The number of nitrogens with one attached hydrogen (secondary N) is 1. The highest BCUT2D eigenvalue weighted by Crippen LogP contribution is 2.17. The van der Waals surface area contributed by atoms with Crippen LogP contribution in [0.1, 0.15) is 11.3 Å². The average molecular weight is 334 g/mol. The first-order valence-electron chi connectivity index (χ1n) is 6.73. The zero-order chi connectivity index (χ0) is 15.9. The van der Waals surface area contributed by atoms with Gasteiger partial charge in [-0.05, 0) is 25.1 Å². The van der Waals surface area contributed by atoms with Gasteiger partial charge in [-0.2, -0.15) is 0 Å². The van der Waals surface area contributed by atoms with Crippen LogP contribution in [0.15, 0.2) is 29.6 Å². The van der Waals surface area contributed by atoms with Crippen molar-refractivity contribution in [2.45, 2.75) is 6.92 Å². The van der Waals surface area contributed by atoms with Gasteiger partial charge in [-0.15, -0.1) is 11.3 Å². The van der Waals surface area contributed by atoms with Crippen molar-refractivity contribution in [2.75, 3.05) is 25.0 Å². The molecule has 1 heterocycles. The largest absolute Gasteiger partial charge is 0.349 e. The molecule has 114 valence electrons. The number of rotatable bonds is 4. The van der Waals surface area contributed by atoms with E-state index in [2.05, 4.69) is 22.1 Å². The molecule has 2 aromatic rings. The summed E-state index contributed by atoms with van der Waals surface area (Å²) in [7, 11) is 1.95. The van der Waals surface area contributed by atoms with Crippen LogP contribution in [-0.2, 0) is 4.79 Å². The highest BCUT2D eigenvalue weighted by molar-refractivity contribution is 7.13. The molecule has 6 heteroatoms. The maximum Gasteiger partial charge on any atom is 0.296 e. The van der Waals surface area contributed by atoms with E-state index in [-0.39, 0.29) is 5.91 Å². The van der Waals surface area contributed by atoms with Gasteiger partial charge in [-0.1, -0.05) is 23.6 Å². The SMILES string of the molecule is Cc1csc(N(C)CCNC(=O)C#Cc2cccc(Cl)c2)n1. The van der Waals surface area contributed by atoms with E-state index in [1.807, 2.05) is 30.3 Å². The topological polar surface area (TPSA) is 45.2 Å². The fourth-order valence-electron chi connectivity index (χ4n) is 1.69. The Balaban J connectivity index is 1.79. The number of halogens is 1. The van der Waals surface area contributed by atoms with Crippen LogP contribution in [0.3, 0.4) is 0 Å². The summed E-state index contributed by atoms with van der Waals surface area (Å²) < 4.78 is 0. The van der Waals surface area contributed by atoms with Crippen LogP contribution in [-0.4, -0.2) is 31.0 Å². The Bertz CT molecular complexity index is 717. The number of nitrogens with zero attached hydrogens (tertiary/aromatic N) is 2. The normalized spacial score (nSPS) is 9.77. The minimum absolute atomic E-state index is 0.302. The van der Waals surface area contributed by atoms with Crippen molar-refractivity contribution in [3.63, 3.8) is 0 Å². The molecule has 0 saturated carbocycles. The minimum Gasteiger partial charge on any atom is -0.349 e. The van der Waals surface area contributed by atoms with E-state index in [9.17, 15) is 4.79 Å². The molecule has 22 heavy (non-hydrogen) atoms. The molecule has 1 aromatic carbocycles. The van der Waals surface area contributed by atoms with Gasteiger partial charge in [-0.3, -0.25) is 4.79 Å². The summed E-state index contributed by atoms with van der Waals surface area (Å²) >= 11 is 7.45.